The Kier molecular flexibility index (Phi) is 8.91. The summed E-state index contributed by atoms with van der Waals surface area (Å²) in [5.74, 6) is -3.50. The van der Waals surface area contributed by atoms with Crippen LogP contribution in [0.15, 0.2) is 30.3 Å². The fourth-order valence-electron chi connectivity index (χ4n) is 3.18. The van der Waals surface area contributed by atoms with E-state index in [0.717, 1.165) is 6.08 Å². The lowest BCUT2D eigenvalue weighted by atomic mass is 9.95. The van der Waals surface area contributed by atoms with E-state index in [1.54, 1.807) is 12.1 Å². The van der Waals surface area contributed by atoms with Gasteiger partial charge in [-0.1, -0.05) is 12.1 Å². The number of carboxylic acid groups (broad SMARTS) is 2. The zero-order valence-corrected chi connectivity index (χ0v) is 17.6. The monoisotopic (exact) mass is 470 g/mol. The predicted octanol–water partition coefficient (Wildman–Crippen LogP) is -0.519. The van der Waals surface area contributed by atoms with E-state index in [-0.39, 0.29) is 5.75 Å². The van der Waals surface area contributed by atoms with Gasteiger partial charge in [-0.25, -0.2) is 4.79 Å². The van der Waals surface area contributed by atoms with Gasteiger partial charge in [0.2, 0.25) is 0 Å². The third kappa shape index (κ3) is 7.80. The Hall–Kier alpha value is -3.03. The molecule has 1 aliphatic heterocycles. The van der Waals surface area contributed by atoms with Gasteiger partial charge in [0.1, 0.15) is 36.8 Å². The third-order valence-corrected chi connectivity index (χ3v) is 4.81. The van der Waals surface area contributed by atoms with Crippen molar-refractivity contribution in [3.8, 4) is 5.75 Å². The molecule has 6 N–H and O–H groups in total. The molecule has 5 atom stereocenters. The van der Waals surface area contributed by atoms with Crippen LogP contribution in [0.4, 0.5) is 0 Å². The molecule has 1 saturated heterocycles. The van der Waals surface area contributed by atoms with Gasteiger partial charge in [-0.15, -0.1) is 0 Å². The minimum absolute atomic E-state index is 0.0542. The van der Waals surface area contributed by atoms with Gasteiger partial charge in [-0.05, 0) is 30.7 Å². The number of carbonyl (C=O) groups excluding carboxylic acids is 1. The van der Waals surface area contributed by atoms with E-state index >= 15 is 0 Å². The molecule has 0 aromatic heterocycles. The molecular weight excluding hydrogens is 444 g/mol. The summed E-state index contributed by atoms with van der Waals surface area (Å²) >= 11 is 0. The molecule has 12 nitrogen and oxygen atoms in total. The quantitative estimate of drug-likeness (QED) is 0.189. The Morgan fingerprint density at radius 2 is 1.58 bits per heavy atom. The Morgan fingerprint density at radius 1 is 1.00 bits per heavy atom. The Bertz CT molecular complexity index is 849. The minimum atomic E-state index is -1.83. The summed E-state index contributed by atoms with van der Waals surface area (Å²) in [4.78, 5) is 34.2. The molecule has 2 rings (SSSR count). The van der Waals surface area contributed by atoms with Crippen LogP contribution >= 0.6 is 0 Å². The maximum absolute atomic E-state index is 12.0. The van der Waals surface area contributed by atoms with Crippen molar-refractivity contribution < 1.29 is 59.2 Å². The highest BCUT2D eigenvalue weighted by atomic mass is 16.7. The van der Waals surface area contributed by atoms with Crippen molar-refractivity contribution in [3.05, 3.63) is 35.9 Å². The molecule has 1 heterocycles. The number of esters is 1. The number of hydrogen-bond acceptors (Lipinski definition) is 10. The summed E-state index contributed by atoms with van der Waals surface area (Å²) in [5.41, 5.74) is -1.21. The predicted molar refractivity (Wildman–Crippen MR) is 109 cm³/mol. The van der Waals surface area contributed by atoms with Crippen LogP contribution in [-0.4, -0.2) is 91.5 Å². The summed E-state index contributed by atoms with van der Waals surface area (Å²) in [6, 6.07) is 5.95. The van der Waals surface area contributed by atoms with Crippen LogP contribution in [0.5, 0.6) is 5.75 Å². The molecule has 0 unspecified atom stereocenters. The lowest BCUT2D eigenvalue weighted by Gasteiger charge is -2.43. The highest BCUT2D eigenvalue weighted by Gasteiger charge is 2.47. The fraction of sp³-hybridized carbons (Fsp3) is 0.476. The highest BCUT2D eigenvalue weighted by Crippen LogP contribution is 2.29. The number of phenolic OH excluding ortho intramolecular Hbond substituents is 1. The van der Waals surface area contributed by atoms with E-state index in [0.29, 0.717) is 5.56 Å². The number of aliphatic hydroxyl groups excluding tert-OH is 3. The van der Waals surface area contributed by atoms with Gasteiger partial charge in [-0.2, -0.15) is 0 Å². The van der Waals surface area contributed by atoms with Crippen molar-refractivity contribution in [2.45, 2.75) is 56.1 Å². The van der Waals surface area contributed by atoms with Crippen LogP contribution in [-0.2, 0) is 28.6 Å². The molecule has 0 aliphatic carbocycles. The van der Waals surface area contributed by atoms with Gasteiger partial charge in [0.25, 0.3) is 0 Å². The van der Waals surface area contributed by atoms with Crippen LogP contribution in [0.3, 0.4) is 0 Å². The number of aliphatic carboxylic acids is 2. The molecule has 1 aliphatic rings. The summed E-state index contributed by atoms with van der Waals surface area (Å²) in [6.45, 7) is 0.629. The van der Waals surface area contributed by atoms with Crippen molar-refractivity contribution in [3.63, 3.8) is 0 Å². The fourth-order valence-corrected chi connectivity index (χ4v) is 3.18. The average molecular weight is 470 g/mol. The van der Waals surface area contributed by atoms with Crippen molar-refractivity contribution >= 4 is 24.0 Å². The van der Waals surface area contributed by atoms with Gasteiger partial charge >= 0.3 is 17.9 Å². The first-order chi connectivity index (χ1) is 15.4. The smallest absolute Gasteiger partial charge is 0.330 e. The molecule has 12 heteroatoms. The summed E-state index contributed by atoms with van der Waals surface area (Å²) in [6.07, 6.45) is -7.38. The van der Waals surface area contributed by atoms with Crippen LogP contribution in [0, 0.1) is 0 Å². The molecule has 0 amide bonds. The van der Waals surface area contributed by atoms with Gasteiger partial charge in [0, 0.05) is 6.08 Å². The number of rotatable bonds is 10. The lowest BCUT2D eigenvalue weighted by molar-refractivity contribution is -0.325. The molecule has 182 valence electrons. The molecule has 0 bridgehead atoms. The topological polar surface area (TPSA) is 200 Å². The minimum Gasteiger partial charge on any atom is -0.508 e. The normalized spacial score (nSPS) is 25.6. The van der Waals surface area contributed by atoms with E-state index in [1.165, 1.54) is 25.1 Å². The second-order valence-corrected chi connectivity index (χ2v) is 7.78. The number of aromatic hydroxyl groups is 1. The molecule has 33 heavy (non-hydrogen) atoms. The van der Waals surface area contributed by atoms with E-state index in [4.69, 9.17) is 24.4 Å². The van der Waals surface area contributed by atoms with Crippen molar-refractivity contribution in [2.24, 2.45) is 0 Å². The molecule has 0 saturated carbocycles. The van der Waals surface area contributed by atoms with Crippen LogP contribution in [0.2, 0.25) is 0 Å². The summed E-state index contributed by atoms with van der Waals surface area (Å²) in [7, 11) is 0. The number of carbonyl (C=O) groups is 3. The zero-order chi connectivity index (χ0) is 24.8. The van der Waals surface area contributed by atoms with Crippen LogP contribution in [0.25, 0.3) is 6.08 Å². The van der Waals surface area contributed by atoms with Crippen molar-refractivity contribution in [2.75, 3.05) is 6.61 Å². The third-order valence-electron chi connectivity index (χ3n) is 4.81. The first-order valence-electron chi connectivity index (χ1n) is 9.85. The van der Waals surface area contributed by atoms with Gasteiger partial charge in [0.15, 0.2) is 6.29 Å². The largest absolute Gasteiger partial charge is 0.508 e. The Balaban J connectivity index is 2.03. The Morgan fingerprint density at radius 3 is 2.12 bits per heavy atom. The molecule has 1 aromatic rings. The van der Waals surface area contributed by atoms with E-state index in [1.807, 2.05) is 0 Å². The summed E-state index contributed by atoms with van der Waals surface area (Å²) in [5, 5.41) is 57.8. The number of phenols is 1. The number of ether oxygens (including phenoxy) is 3. The van der Waals surface area contributed by atoms with Crippen molar-refractivity contribution in [1.82, 2.24) is 0 Å². The van der Waals surface area contributed by atoms with E-state index < -0.39 is 73.7 Å². The Labute approximate surface area is 188 Å². The average Bonchev–Trinajstić information content (AvgIpc) is 2.71. The molecule has 1 aromatic carbocycles. The summed E-state index contributed by atoms with van der Waals surface area (Å²) < 4.78 is 15.8. The van der Waals surface area contributed by atoms with E-state index in [9.17, 15) is 34.8 Å². The number of aliphatic hydroxyl groups is 3. The maximum Gasteiger partial charge on any atom is 0.330 e. The lowest BCUT2D eigenvalue weighted by Crippen LogP contribution is -2.61. The first-order valence-corrected chi connectivity index (χ1v) is 9.85. The second-order valence-electron chi connectivity index (χ2n) is 7.78. The van der Waals surface area contributed by atoms with Crippen molar-refractivity contribution in [1.29, 1.82) is 0 Å². The van der Waals surface area contributed by atoms with Crippen LogP contribution < -0.4 is 0 Å². The molecular formula is C21H26O12. The molecule has 0 spiro atoms. The number of hydrogen-bond donors (Lipinski definition) is 6. The highest BCUT2D eigenvalue weighted by molar-refractivity contribution is 5.87. The standard InChI is InChI=1S/C21H26O12/c1-21(8-14(23)24,9-15(25)26)33-20-19(30)18(29)17(28)13(32-20)10-31-16(27)7-4-11-2-5-12(22)6-3-11/h2-7,13,17-20,22,28-30H,8-10H2,1H3,(H,23,24)(H,25,26)/b7-4-/t13-,17-,18+,19-,20+/m1/s1. The second kappa shape index (κ2) is 11.2. The molecule has 0 radical (unpaired) electrons. The van der Waals surface area contributed by atoms with Crippen LogP contribution in [0.1, 0.15) is 25.3 Å². The van der Waals surface area contributed by atoms with Gasteiger partial charge < -0.3 is 44.8 Å². The van der Waals surface area contributed by atoms with Gasteiger partial charge in [0.05, 0.1) is 18.4 Å². The van der Waals surface area contributed by atoms with E-state index in [2.05, 4.69) is 0 Å². The number of carboxylic acids is 2. The SMILES string of the molecule is CC(CC(=O)O)(CC(=O)O)O[C@@H]1O[C@H](COC(=O)/C=C\c2ccc(O)cc2)[C@@H](O)[C@H](O)[C@H]1O. The first kappa shape index (κ1) is 26.2. The molecule has 1 fully saturated rings. The van der Waals surface area contributed by atoms with Gasteiger partial charge in [-0.3, -0.25) is 9.59 Å². The zero-order valence-electron chi connectivity index (χ0n) is 17.6. The maximum atomic E-state index is 12.0. The number of benzene rings is 1.